The Bertz CT molecular complexity index is 551. The van der Waals surface area contributed by atoms with Crippen LogP contribution in [-0.2, 0) is 13.1 Å². The summed E-state index contributed by atoms with van der Waals surface area (Å²) >= 11 is 0. The quantitative estimate of drug-likeness (QED) is 0.235. The van der Waals surface area contributed by atoms with Gasteiger partial charge in [-0.3, -0.25) is 0 Å². The standard InChI is InChI=1S/C22H39N5.HI/c1-5-23-22(24-13-6-14-27-15-11-19(2)12-16-27)25-17-20-7-9-21(10-8-20)18-26(3)4;/h7-10,19H,5-6,11-18H2,1-4H3,(H2,23,24,25);1H. The Hall–Kier alpha value is -0.860. The van der Waals surface area contributed by atoms with Gasteiger partial charge in [0, 0.05) is 19.6 Å². The molecule has 0 saturated carbocycles. The van der Waals surface area contributed by atoms with E-state index in [1.165, 1.54) is 43.6 Å². The highest BCUT2D eigenvalue weighted by molar-refractivity contribution is 14.0. The first-order chi connectivity index (χ1) is 13.1. The monoisotopic (exact) mass is 501 g/mol. The van der Waals surface area contributed by atoms with Gasteiger partial charge in [-0.25, -0.2) is 4.99 Å². The van der Waals surface area contributed by atoms with Crippen molar-refractivity contribution in [2.75, 3.05) is 46.8 Å². The summed E-state index contributed by atoms with van der Waals surface area (Å²) in [7, 11) is 4.19. The van der Waals surface area contributed by atoms with Gasteiger partial charge in [-0.15, -0.1) is 24.0 Å². The van der Waals surface area contributed by atoms with Gasteiger partial charge in [-0.05, 0) is 77.0 Å². The van der Waals surface area contributed by atoms with Crippen LogP contribution in [0.2, 0.25) is 0 Å². The Balaban J connectivity index is 0.00000392. The maximum Gasteiger partial charge on any atom is 0.191 e. The summed E-state index contributed by atoms with van der Waals surface area (Å²) in [5, 5.41) is 6.84. The number of likely N-dealkylation sites (tertiary alicyclic amines) is 1. The van der Waals surface area contributed by atoms with Crippen LogP contribution >= 0.6 is 24.0 Å². The largest absolute Gasteiger partial charge is 0.357 e. The van der Waals surface area contributed by atoms with Crippen LogP contribution in [0.5, 0.6) is 0 Å². The van der Waals surface area contributed by atoms with Crippen molar-refractivity contribution in [3.05, 3.63) is 35.4 Å². The number of benzene rings is 1. The molecule has 1 saturated heterocycles. The Morgan fingerprint density at radius 2 is 1.75 bits per heavy atom. The van der Waals surface area contributed by atoms with Gasteiger partial charge < -0.3 is 20.4 Å². The zero-order chi connectivity index (χ0) is 19.5. The van der Waals surface area contributed by atoms with Crippen LogP contribution in [0.1, 0.15) is 44.2 Å². The molecule has 0 aliphatic carbocycles. The van der Waals surface area contributed by atoms with E-state index in [4.69, 9.17) is 4.99 Å². The van der Waals surface area contributed by atoms with E-state index in [0.717, 1.165) is 37.9 Å². The molecule has 0 amide bonds. The number of hydrogen-bond acceptors (Lipinski definition) is 3. The van der Waals surface area contributed by atoms with Crippen molar-refractivity contribution in [1.82, 2.24) is 20.4 Å². The minimum atomic E-state index is 0. The molecule has 2 N–H and O–H groups in total. The lowest BCUT2D eigenvalue weighted by atomic mass is 9.99. The van der Waals surface area contributed by atoms with E-state index in [1.807, 2.05) is 0 Å². The lowest BCUT2D eigenvalue weighted by Gasteiger charge is -2.30. The van der Waals surface area contributed by atoms with Gasteiger partial charge in [0.25, 0.3) is 0 Å². The number of piperidine rings is 1. The first-order valence-electron chi connectivity index (χ1n) is 10.5. The molecule has 1 aliphatic rings. The summed E-state index contributed by atoms with van der Waals surface area (Å²) < 4.78 is 0. The van der Waals surface area contributed by atoms with Gasteiger partial charge in [-0.1, -0.05) is 31.2 Å². The van der Waals surface area contributed by atoms with Crippen molar-refractivity contribution < 1.29 is 0 Å². The number of aliphatic imine (C=N–C) groups is 1. The van der Waals surface area contributed by atoms with E-state index in [1.54, 1.807) is 0 Å². The second kappa shape index (κ2) is 14.2. The van der Waals surface area contributed by atoms with Crippen LogP contribution < -0.4 is 10.6 Å². The summed E-state index contributed by atoms with van der Waals surface area (Å²) in [4.78, 5) is 9.52. The number of nitrogens with zero attached hydrogens (tertiary/aromatic N) is 3. The molecule has 1 aromatic rings. The molecule has 1 aliphatic heterocycles. The average Bonchev–Trinajstić information content (AvgIpc) is 2.65. The summed E-state index contributed by atoms with van der Waals surface area (Å²) in [5.74, 6) is 1.82. The van der Waals surface area contributed by atoms with Crippen LogP contribution in [0.25, 0.3) is 0 Å². The SMILES string of the molecule is CCNC(=NCc1ccc(CN(C)C)cc1)NCCCN1CCC(C)CC1.I. The van der Waals surface area contributed by atoms with Crippen molar-refractivity contribution in [3.63, 3.8) is 0 Å². The molecule has 1 heterocycles. The topological polar surface area (TPSA) is 42.9 Å². The van der Waals surface area contributed by atoms with E-state index < -0.39 is 0 Å². The Labute approximate surface area is 189 Å². The van der Waals surface area contributed by atoms with Gasteiger partial charge in [-0.2, -0.15) is 0 Å². The second-order valence-electron chi connectivity index (χ2n) is 8.05. The van der Waals surface area contributed by atoms with Crippen LogP contribution in [0, 0.1) is 5.92 Å². The number of hydrogen-bond donors (Lipinski definition) is 2. The van der Waals surface area contributed by atoms with Crippen LogP contribution in [0.15, 0.2) is 29.3 Å². The van der Waals surface area contributed by atoms with Crippen LogP contribution in [0.3, 0.4) is 0 Å². The first kappa shape index (κ1) is 25.2. The minimum Gasteiger partial charge on any atom is -0.357 e. The summed E-state index contributed by atoms with van der Waals surface area (Å²) in [5.41, 5.74) is 2.59. The van der Waals surface area contributed by atoms with Gasteiger partial charge in [0.15, 0.2) is 5.96 Å². The molecular formula is C22H40IN5. The fraction of sp³-hybridized carbons (Fsp3) is 0.682. The van der Waals surface area contributed by atoms with E-state index in [-0.39, 0.29) is 24.0 Å². The molecule has 2 rings (SSSR count). The highest BCUT2D eigenvalue weighted by Gasteiger charge is 2.14. The molecule has 160 valence electrons. The third-order valence-electron chi connectivity index (χ3n) is 5.11. The zero-order valence-electron chi connectivity index (χ0n) is 18.2. The predicted molar refractivity (Wildman–Crippen MR) is 132 cm³/mol. The van der Waals surface area contributed by atoms with Gasteiger partial charge >= 0.3 is 0 Å². The summed E-state index contributed by atoms with van der Waals surface area (Å²) in [6, 6.07) is 8.77. The van der Waals surface area contributed by atoms with Gasteiger partial charge in [0.1, 0.15) is 0 Å². The number of nitrogens with one attached hydrogen (secondary N) is 2. The minimum absolute atomic E-state index is 0. The highest BCUT2D eigenvalue weighted by atomic mass is 127. The smallest absolute Gasteiger partial charge is 0.191 e. The lowest BCUT2D eigenvalue weighted by Crippen LogP contribution is -2.39. The van der Waals surface area contributed by atoms with Gasteiger partial charge in [0.05, 0.1) is 6.54 Å². The molecular weight excluding hydrogens is 461 g/mol. The Morgan fingerprint density at radius 1 is 1.11 bits per heavy atom. The van der Waals surface area contributed by atoms with Crippen molar-refractivity contribution in [2.24, 2.45) is 10.9 Å². The van der Waals surface area contributed by atoms with Crippen molar-refractivity contribution in [1.29, 1.82) is 0 Å². The second-order valence-corrected chi connectivity index (χ2v) is 8.05. The molecule has 0 aromatic heterocycles. The number of guanidine groups is 1. The van der Waals surface area contributed by atoms with Crippen LogP contribution in [-0.4, -0.2) is 62.6 Å². The van der Waals surface area contributed by atoms with Crippen molar-refractivity contribution in [2.45, 2.75) is 46.2 Å². The third-order valence-corrected chi connectivity index (χ3v) is 5.11. The molecule has 0 atom stereocenters. The molecule has 0 unspecified atom stereocenters. The Kier molecular flexibility index (Phi) is 12.7. The lowest BCUT2D eigenvalue weighted by molar-refractivity contribution is 0.191. The van der Waals surface area contributed by atoms with E-state index in [9.17, 15) is 0 Å². The normalized spacial score (nSPS) is 16.1. The van der Waals surface area contributed by atoms with Gasteiger partial charge in [0.2, 0.25) is 0 Å². The van der Waals surface area contributed by atoms with E-state index >= 15 is 0 Å². The molecule has 1 aromatic carbocycles. The molecule has 28 heavy (non-hydrogen) atoms. The average molecular weight is 502 g/mol. The number of halogens is 1. The summed E-state index contributed by atoms with van der Waals surface area (Å²) in [6.07, 6.45) is 3.87. The Morgan fingerprint density at radius 3 is 2.36 bits per heavy atom. The molecule has 0 bridgehead atoms. The van der Waals surface area contributed by atoms with Crippen molar-refractivity contribution >= 4 is 29.9 Å². The first-order valence-corrected chi connectivity index (χ1v) is 10.5. The maximum absolute atomic E-state index is 4.74. The van der Waals surface area contributed by atoms with E-state index in [2.05, 4.69) is 72.6 Å². The van der Waals surface area contributed by atoms with Crippen molar-refractivity contribution in [3.8, 4) is 0 Å². The molecule has 6 heteroatoms. The fourth-order valence-corrected chi connectivity index (χ4v) is 3.42. The molecule has 1 fully saturated rings. The molecule has 5 nitrogen and oxygen atoms in total. The molecule has 0 spiro atoms. The third kappa shape index (κ3) is 10.1. The predicted octanol–water partition coefficient (Wildman–Crippen LogP) is 3.54. The zero-order valence-corrected chi connectivity index (χ0v) is 20.5. The van der Waals surface area contributed by atoms with E-state index in [0.29, 0.717) is 6.54 Å². The fourth-order valence-electron chi connectivity index (χ4n) is 3.42. The molecule has 0 radical (unpaired) electrons. The maximum atomic E-state index is 4.74. The number of rotatable bonds is 9. The highest BCUT2D eigenvalue weighted by Crippen LogP contribution is 2.15. The summed E-state index contributed by atoms with van der Waals surface area (Å²) in [6.45, 7) is 11.7. The van der Waals surface area contributed by atoms with Crippen LogP contribution in [0.4, 0.5) is 0 Å².